The normalized spacial score (nSPS) is 17.8. The number of nitrogens with zero attached hydrogens (tertiary/aromatic N) is 2. The lowest BCUT2D eigenvalue weighted by Gasteiger charge is -2.38. The number of aromatic carboxylic acids is 1. The Balaban J connectivity index is 2.28. The van der Waals surface area contributed by atoms with Gasteiger partial charge in [-0.05, 0) is 30.4 Å². The lowest BCUT2D eigenvalue weighted by atomic mass is 9.82. The third-order valence-corrected chi connectivity index (χ3v) is 3.89. The summed E-state index contributed by atoms with van der Waals surface area (Å²) >= 11 is 0. The highest BCUT2D eigenvalue weighted by Gasteiger charge is 2.27. The van der Waals surface area contributed by atoms with Crippen LogP contribution in [0.4, 0.5) is 11.4 Å². The summed E-state index contributed by atoms with van der Waals surface area (Å²) in [7, 11) is 0. The first-order valence-corrected chi connectivity index (χ1v) is 6.57. The van der Waals surface area contributed by atoms with E-state index in [0.717, 1.165) is 31.6 Å². The molecule has 1 aliphatic rings. The Hall–Kier alpha value is -2.11. The van der Waals surface area contributed by atoms with Gasteiger partial charge in [-0.15, -0.1) is 0 Å². The van der Waals surface area contributed by atoms with Gasteiger partial charge in [-0.1, -0.05) is 13.8 Å². The van der Waals surface area contributed by atoms with Crippen LogP contribution in [0, 0.1) is 15.5 Å². The molecule has 0 spiro atoms. The quantitative estimate of drug-likeness (QED) is 0.678. The first-order valence-electron chi connectivity index (χ1n) is 6.57. The maximum atomic E-state index is 11.1. The monoisotopic (exact) mass is 278 g/mol. The van der Waals surface area contributed by atoms with Crippen molar-refractivity contribution < 1.29 is 14.8 Å². The van der Waals surface area contributed by atoms with Gasteiger partial charge in [-0.2, -0.15) is 0 Å². The zero-order valence-corrected chi connectivity index (χ0v) is 11.6. The van der Waals surface area contributed by atoms with E-state index in [9.17, 15) is 14.9 Å². The van der Waals surface area contributed by atoms with Gasteiger partial charge in [0.2, 0.25) is 0 Å². The molecule has 0 unspecified atom stereocenters. The number of carboxylic acids is 1. The molecule has 0 atom stereocenters. The molecule has 1 aromatic carbocycles. The summed E-state index contributed by atoms with van der Waals surface area (Å²) in [6, 6.07) is 4.31. The molecule has 0 saturated carbocycles. The van der Waals surface area contributed by atoms with E-state index in [1.54, 1.807) is 6.07 Å². The number of benzene rings is 1. The van der Waals surface area contributed by atoms with Gasteiger partial charge < -0.3 is 10.0 Å². The number of rotatable bonds is 3. The molecule has 1 aliphatic heterocycles. The van der Waals surface area contributed by atoms with Crippen LogP contribution in [0.25, 0.3) is 0 Å². The van der Waals surface area contributed by atoms with Crippen LogP contribution in [0.5, 0.6) is 0 Å². The van der Waals surface area contributed by atoms with Gasteiger partial charge >= 0.3 is 5.97 Å². The molecule has 2 rings (SSSR count). The molecule has 1 heterocycles. The van der Waals surface area contributed by atoms with Crippen LogP contribution in [0.1, 0.15) is 37.0 Å². The fourth-order valence-electron chi connectivity index (χ4n) is 2.42. The standard InChI is InChI=1S/C14H18N2O4/c1-14(2)5-7-15(8-6-14)10-3-4-12(16(19)20)11(9-10)13(17)18/h3-4,9H,5-8H2,1-2H3,(H,17,18). The summed E-state index contributed by atoms with van der Waals surface area (Å²) in [6.45, 7) is 6.10. The molecule has 0 radical (unpaired) electrons. The molecule has 0 aliphatic carbocycles. The van der Waals surface area contributed by atoms with Crippen molar-refractivity contribution in [2.75, 3.05) is 18.0 Å². The Morgan fingerprint density at radius 1 is 1.35 bits per heavy atom. The van der Waals surface area contributed by atoms with E-state index in [2.05, 4.69) is 18.7 Å². The zero-order chi connectivity index (χ0) is 14.9. The van der Waals surface area contributed by atoms with Crippen LogP contribution in [-0.4, -0.2) is 29.1 Å². The topological polar surface area (TPSA) is 83.7 Å². The third-order valence-electron chi connectivity index (χ3n) is 3.89. The fraction of sp³-hybridized carbons (Fsp3) is 0.500. The van der Waals surface area contributed by atoms with E-state index in [1.807, 2.05) is 0 Å². The van der Waals surface area contributed by atoms with E-state index in [0.29, 0.717) is 5.41 Å². The molecule has 6 heteroatoms. The molecule has 1 N–H and O–H groups in total. The summed E-state index contributed by atoms with van der Waals surface area (Å²) in [5.41, 5.74) is 0.423. The van der Waals surface area contributed by atoms with E-state index in [4.69, 9.17) is 5.11 Å². The van der Waals surface area contributed by atoms with Gasteiger partial charge in [-0.25, -0.2) is 4.79 Å². The molecule has 6 nitrogen and oxygen atoms in total. The van der Waals surface area contributed by atoms with Crippen molar-refractivity contribution >= 4 is 17.3 Å². The van der Waals surface area contributed by atoms with Crippen LogP contribution >= 0.6 is 0 Å². The Morgan fingerprint density at radius 2 is 1.95 bits per heavy atom. The first-order chi connectivity index (χ1) is 9.30. The predicted molar refractivity (Wildman–Crippen MR) is 75.3 cm³/mol. The largest absolute Gasteiger partial charge is 0.477 e. The van der Waals surface area contributed by atoms with Crippen LogP contribution in [-0.2, 0) is 0 Å². The van der Waals surface area contributed by atoms with Crippen molar-refractivity contribution in [3.8, 4) is 0 Å². The Labute approximate surface area is 117 Å². The molecule has 1 fully saturated rings. The van der Waals surface area contributed by atoms with Crippen LogP contribution in [0.3, 0.4) is 0 Å². The van der Waals surface area contributed by atoms with Gasteiger partial charge in [0.1, 0.15) is 5.56 Å². The number of nitro benzene ring substituents is 1. The van der Waals surface area contributed by atoms with Gasteiger partial charge in [0.25, 0.3) is 5.69 Å². The highest BCUT2D eigenvalue weighted by molar-refractivity contribution is 5.93. The summed E-state index contributed by atoms with van der Waals surface area (Å²) in [4.78, 5) is 23.4. The van der Waals surface area contributed by atoms with Gasteiger partial charge in [0.05, 0.1) is 4.92 Å². The predicted octanol–water partition coefficient (Wildman–Crippen LogP) is 2.92. The summed E-state index contributed by atoms with van der Waals surface area (Å²) in [6.07, 6.45) is 2.04. The zero-order valence-electron chi connectivity index (χ0n) is 11.6. The van der Waals surface area contributed by atoms with Crippen molar-refractivity contribution in [3.63, 3.8) is 0 Å². The number of piperidine rings is 1. The van der Waals surface area contributed by atoms with Crippen molar-refractivity contribution in [2.45, 2.75) is 26.7 Å². The average molecular weight is 278 g/mol. The minimum Gasteiger partial charge on any atom is -0.477 e. The average Bonchev–Trinajstić information content (AvgIpc) is 2.37. The molecule has 0 bridgehead atoms. The van der Waals surface area contributed by atoms with Crippen molar-refractivity contribution in [1.82, 2.24) is 0 Å². The number of carboxylic acid groups (broad SMARTS) is 1. The van der Waals surface area contributed by atoms with E-state index in [-0.39, 0.29) is 11.3 Å². The van der Waals surface area contributed by atoms with E-state index in [1.165, 1.54) is 12.1 Å². The molecule has 108 valence electrons. The van der Waals surface area contributed by atoms with Gasteiger partial charge in [0, 0.05) is 24.8 Å². The number of hydrogen-bond acceptors (Lipinski definition) is 4. The second kappa shape index (κ2) is 5.11. The summed E-state index contributed by atoms with van der Waals surface area (Å²) in [5.74, 6) is -1.27. The van der Waals surface area contributed by atoms with Gasteiger partial charge in [-0.3, -0.25) is 10.1 Å². The molecular formula is C14H18N2O4. The van der Waals surface area contributed by atoms with E-state index >= 15 is 0 Å². The first kappa shape index (κ1) is 14.3. The third kappa shape index (κ3) is 2.89. The lowest BCUT2D eigenvalue weighted by Crippen LogP contribution is -2.37. The lowest BCUT2D eigenvalue weighted by molar-refractivity contribution is -0.385. The second-order valence-corrected chi connectivity index (χ2v) is 5.91. The summed E-state index contributed by atoms with van der Waals surface area (Å²) < 4.78 is 0. The number of carbonyl (C=O) groups is 1. The molecule has 1 aromatic rings. The molecular weight excluding hydrogens is 260 g/mol. The van der Waals surface area contributed by atoms with Crippen LogP contribution in [0.2, 0.25) is 0 Å². The number of nitro groups is 1. The van der Waals surface area contributed by atoms with Crippen molar-refractivity contribution in [2.24, 2.45) is 5.41 Å². The van der Waals surface area contributed by atoms with Crippen LogP contribution in [0.15, 0.2) is 18.2 Å². The Kier molecular flexibility index (Phi) is 3.65. The maximum absolute atomic E-state index is 11.1. The van der Waals surface area contributed by atoms with Gasteiger partial charge in [0.15, 0.2) is 0 Å². The molecule has 0 amide bonds. The molecule has 1 saturated heterocycles. The van der Waals surface area contributed by atoms with Crippen LogP contribution < -0.4 is 4.90 Å². The van der Waals surface area contributed by atoms with Crippen molar-refractivity contribution in [3.05, 3.63) is 33.9 Å². The SMILES string of the molecule is CC1(C)CCN(c2ccc([N+](=O)[O-])c(C(=O)O)c2)CC1. The summed E-state index contributed by atoms with van der Waals surface area (Å²) in [5, 5.41) is 19.9. The molecule has 20 heavy (non-hydrogen) atoms. The number of hydrogen-bond donors (Lipinski definition) is 1. The van der Waals surface area contributed by atoms with Crippen molar-refractivity contribution in [1.29, 1.82) is 0 Å². The highest BCUT2D eigenvalue weighted by atomic mass is 16.6. The Bertz CT molecular complexity index is 544. The Morgan fingerprint density at radius 3 is 2.45 bits per heavy atom. The molecule has 0 aromatic heterocycles. The number of anilines is 1. The second-order valence-electron chi connectivity index (χ2n) is 5.91. The minimum atomic E-state index is -1.27. The minimum absolute atomic E-state index is 0.252. The fourth-order valence-corrected chi connectivity index (χ4v) is 2.42. The smallest absolute Gasteiger partial charge is 0.342 e. The maximum Gasteiger partial charge on any atom is 0.342 e. The highest BCUT2D eigenvalue weighted by Crippen LogP contribution is 2.33. The van der Waals surface area contributed by atoms with E-state index < -0.39 is 10.9 Å².